The fourth-order valence-electron chi connectivity index (χ4n) is 4.94. The van der Waals surface area contributed by atoms with Crippen LogP contribution in [0.3, 0.4) is 0 Å². The fourth-order valence-corrected chi connectivity index (χ4v) is 5.21. The zero-order valence-electron chi connectivity index (χ0n) is 18.1. The molecule has 3 aromatic rings. The molecule has 3 aromatic carbocycles. The summed E-state index contributed by atoms with van der Waals surface area (Å²) < 4.78 is 6.32. The average Bonchev–Trinajstić information content (AvgIpc) is 3.39. The molecule has 0 aliphatic carbocycles. The Bertz CT molecular complexity index is 1100. The predicted octanol–water partition coefficient (Wildman–Crippen LogP) is 4.94. The minimum Gasteiger partial charge on any atom is -0.497 e. The maximum absolute atomic E-state index is 13.6. The van der Waals surface area contributed by atoms with Gasteiger partial charge in [0.25, 0.3) is 0 Å². The van der Waals surface area contributed by atoms with Crippen molar-refractivity contribution in [2.75, 3.05) is 12.0 Å². The molecule has 2 aliphatic heterocycles. The Morgan fingerprint density at radius 2 is 1.50 bits per heavy atom. The van der Waals surface area contributed by atoms with Crippen molar-refractivity contribution in [2.45, 2.75) is 31.5 Å². The molecule has 2 saturated heterocycles. The fraction of sp³-hybridized carbons (Fsp3) is 0.269. The number of rotatable bonds is 5. The molecule has 0 radical (unpaired) electrons. The van der Waals surface area contributed by atoms with Gasteiger partial charge in [0.2, 0.25) is 5.91 Å². The molecule has 32 heavy (non-hydrogen) atoms. The summed E-state index contributed by atoms with van der Waals surface area (Å²) in [6.45, 7) is 2.16. The average molecular weight is 492 g/mol. The van der Waals surface area contributed by atoms with Gasteiger partial charge < -0.3 is 9.64 Å². The molecule has 0 bridgehead atoms. The van der Waals surface area contributed by atoms with Crippen LogP contribution in [0, 0.1) is 5.92 Å². The second-order valence-electron chi connectivity index (χ2n) is 8.32. The van der Waals surface area contributed by atoms with Crippen LogP contribution in [0.2, 0.25) is 0 Å². The Kier molecular flexibility index (Phi) is 5.76. The molecule has 4 unspecified atom stereocenters. The molecule has 1 amide bonds. The number of carbonyl (C=O) groups excluding carboxylic acids is 1. The summed E-state index contributed by atoms with van der Waals surface area (Å²) in [5.74, 6) is 0.944. The summed E-state index contributed by atoms with van der Waals surface area (Å²) in [5.41, 5.74) is 11.2. The van der Waals surface area contributed by atoms with Gasteiger partial charge in [0.15, 0.2) is 0 Å². The molecule has 2 fully saturated rings. The van der Waals surface area contributed by atoms with Gasteiger partial charge in [-0.15, -0.1) is 0 Å². The number of nitrogens with one attached hydrogen (secondary N) is 2. The number of hydrazine groups is 1. The molecule has 5 nitrogen and oxygen atoms in total. The number of hydrogen-bond acceptors (Lipinski definition) is 4. The lowest BCUT2D eigenvalue weighted by Crippen LogP contribution is -2.41. The number of fused-ring (bicyclic) bond motifs is 1. The van der Waals surface area contributed by atoms with Crippen molar-refractivity contribution < 1.29 is 9.53 Å². The first kappa shape index (κ1) is 21.2. The monoisotopic (exact) mass is 491 g/mol. The Labute approximate surface area is 196 Å². The van der Waals surface area contributed by atoms with Gasteiger partial charge in [-0.3, -0.25) is 4.79 Å². The van der Waals surface area contributed by atoms with Crippen LogP contribution in [-0.4, -0.2) is 19.1 Å². The third-order valence-electron chi connectivity index (χ3n) is 6.62. The highest BCUT2D eigenvalue weighted by Crippen LogP contribution is 2.49. The molecule has 5 rings (SSSR count). The van der Waals surface area contributed by atoms with Crippen LogP contribution in [-0.2, 0) is 11.2 Å². The Morgan fingerprint density at radius 1 is 0.875 bits per heavy atom. The molecule has 164 valence electrons. The third kappa shape index (κ3) is 3.62. The second kappa shape index (κ2) is 8.70. The van der Waals surface area contributed by atoms with E-state index in [4.69, 9.17) is 4.74 Å². The highest BCUT2D eigenvalue weighted by atomic mass is 79.9. The number of benzene rings is 3. The Hall–Kier alpha value is -2.67. The van der Waals surface area contributed by atoms with E-state index in [9.17, 15) is 4.79 Å². The first-order chi connectivity index (χ1) is 15.6. The summed E-state index contributed by atoms with van der Waals surface area (Å²) in [7, 11) is 1.67. The van der Waals surface area contributed by atoms with E-state index in [1.165, 1.54) is 5.56 Å². The lowest BCUT2D eigenvalue weighted by atomic mass is 9.83. The van der Waals surface area contributed by atoms with Gasteiger partial charge in [-0.05, 0) is 59.5 Å². The maximum atomic E-state index is 13.6. The van der Waals surface area contributed by atoms with Crippen LogP contribution in [0.1, 0.15) is 35.7 Å². The first-order valence-electron chi connectivity index (χ1n) is 10.9. The molecular weight excluding hydrogens is 466 g/mol. The summed E-state index contributed by atoms with van der Waals surface area (Å²) in [4.78, 5) is 15.6. The predicted molar refractivity (Wildman–Crippen MR) is 129 cm³/mol. The number of nitrogens with zero attached hydrogens (tertiary/aromatic N) is 1. The van der Waals surface area contributed by atoms with E-state index in [0.717, 1.165) is 33.5 Å². The lowest BCUT2D eigenvalue weighted by Gasteiger charge is -2.31. The van der Waals surface area contributed by atoms with Crippen LogP contribution in [0.5, 0.6) is 5.75 Å². The van der Waals surface area contributed by atoms with Gasteiger partial charge in [0.1, 0.15) is 11.8 Å². The number of halogens is 1. The lowest BCUT2D eigenvalue weighted by molar-refractivity contribution is -0.119. The maximum Gasteiger partial charge on any atom is 0.246 e. The van der Waals surface area contributed by atoms with Crippen LogP contribution in [0.4, 0.5) is 5.69 Å². The standard InChI is InChI=1S/C26H26BrN3O2/c1-3-16-4-6-18(7-5-16)25-22-23(17-8-14-21(32-2)15-9-17)28-29-24(22)26(31)30(25)20-12-10-19(27)11-13-20/h4-15,22-25,28-29H,3H2,1-2H3. The summed E-state index contributed by atoms with van der Waals surface area (Å²) in [6, 6.07) is 24.4. The number of amides is 1. The number of anilines is 1. The van der Waals surface area contributed by atoms with E-state index in [0.29, 0.717) is 0 Å². The van der Waals surface area contributed by atoms with E-state index < -0.39 is 0 Å². The van der Waals surface area contributed by atoms with Crippen LogP contribution in [0.25, 0.3) is 0 Å². The van der Waals surface area contributed by atoms with Crippen molar-refractivity contribution in [1.82, 2.24) is 10.9 Å². The highest BCUT2D eigenvalue weighted by Gasteiger charge is 2.55. The van der Waals surface area contributed by atoms with E-state index in [1.807, 2.05) is 41.3 Å². The normalized spacial score (nSPS) is 24.6. The third-order valence-corrected chi connectivity index (χ3v) is 7.15. The number of hydrogen-bond donors (Lipinski definition) is 2. The van der Waals surface area contributed by atoms with Crippen molar-refractivity contribution in [3.05, 3.63) is 94.0 Å². The Morgan fingerprint density at radius 3 is 2.12 bits per heavy atom. The highest BCUT2D eigenvalue weighted by molar-refractivity contribution is 9.10. The van der Waals surface area contributed by atoms with Crippen molar-refractivity contribution in [2.24, 2.45) is 5.92 Å². The molecule has 2 N–H and O–H groups in total. The molecular formula is C26H26BrN3O2. The largest absolute Gasteiger partial charge is 0.497 e. The smallest absolute Gasteiger partial charge is 0.246 e. The van der Waals surface area contributed by atoms with E-state index in [-0.39, 0.29) is 30.0 Å². The molecule has 0 saturated carbocycles. The quantitative estimate of drug-likeness (QED) is 0.530. The van der Waals surface area contributed by atoms with E-state index in [1.54, 1.807) is 7.11 Å². The molecule has 2 heterocycles. The molecule has 6 heteroatoms. The van der Waals surface area contributed by atoms with Crippen molar-refractivity contribution in [1.29, 1.82) is 0 Å². The topological polar surface area (TPSA) is 53.6 Å². The Balaban J connectivity index is 1.59. The molecule has 0 aromatic heterocycles. The minimum absolute atomic E-state index is 0.00819. The van der Waals surface area contributed by atoms with Crippen LogP contribution in [0.15, 0.2) is 77.3 Å². The molecule has 2 aliphatic rings. The summed E-state index contributed by atoms with van der Waals surface area (Å²) in [5, 5.41) is 0. The first-order valence-corrected chi connectivity index (χ1v) is 11.7. The summed E-state index contributed by atoms with van der Waals surface area (Å²) in [6.07, 6.45) is 0.990. The second-order valence-corrected chi connectivity index (χ2v) is 9.23. The van der Waals surface area contributed by atoms with Gasteiger partial charge in [-0.2, -0.15) is 0 Å². The number of methoxy groups -OCH3 is 1. The number of aryl methyl sites for hydroxylation is 1. The number of ether oxygens (including phenoxy) is 1. The van der Waals surface area contributed by atoms with Crippen molar-refractivity contribution >= 4 is 27.5 Å². The minimum atomic E-state index is -0.304. The van der Waals surface area contributed by atoms with Gasteiger partial charge in [-0.1, -0.05) is 59.3 Å². The molecule has 4 atom stereocenters. The van der Waals surface area contributed by atoms with Gasteiger partial charge in [0.05, 0.1) is 19.2 Å². The zero-order valence-corrected chi connectivity index (χ0v) is 19.7. The van der Waals surface area contributed by atoms with E-state index >= 15 is 0 Å². The van der Waals surface area contributed by atoms with Gasteiger partial charge in [0, 0.05) is 16.1 Å². The van der Waals surface area contributed by atoms with Gasteiger partial charge in [-0.25, -0.2) is 10.9 Å². The molecule has 0 spiro atoms. The summed E-state index contributed by atoms with van der Waals surface area (Å²) >= 11 is 3.51. The SMILES string of the molecule is CCc1ccc(C2C3C(NNC3c3ccc(OC)cc3)C(=O)N2c2ccc(Br)cc2)cc1. The van der Waals surface area contributed by atoms with Crippen LogP contribution >= 0.6 is 15.9 Å². The van der Waals surface area contributed by atoms with Gasteiger partial charge >= 0.3 is 0 Å². The van der Waals surface area contributed by atoms with Crippen LogP contribution < -0.4 is 20.5 Å². The van der Waals surface area contributed by atoms with Crippen molar-refractivity contribution in [3.63, 3.8) is 0 Å². The van der Waals surface area contributed by atoms with E-state index in [2.05, 4.69) is 70.1 Å². The van der Waals surface area contributed by atoms with Crippen molar-refractivity contribution in [3.8, 4) is 5.75 Å². The zero-order chi connectivity index (χ0) is 22.2. The number of carbonyl (C=O) groups is 1.